The van der Waals surface area contributed by atoms with E-state index in [0.717, 1.165) is 24.4 Å². The third-order valence-corrected chi connectivity index (χ3v) is 4.34. The average Bonchev–Trinajstić information content (AvgIpc) is 3.17. The maximum Gasteiger partial charge on any atom is 0.134 e. The highest BCUT2D eigenvalue weighted by Crippen LogP contribution is 2.40. The van der Waals surface area contributed by atoms with E-state index in [1.807, 2.05) is 6.07 Å². The fourth-order valence-corrected chi connectivity index (χ4v) is 3.16. The van der Waals surface area contributed by atoms with Crippen LogP contribution in [0.3, 0.4) is 0 Å². The summed E-state index contributed by atoms with van der Waals surface area (Å²) >= 11 is 6.16. The molecule has 1 aromatic carbocycles. The van der Waals surface area contributed by atoms with Gasteiger partial charge in [-0.1, -0.05) is 35.9 Å². The van der Waals surface area contributed by atoms with Crippen LogP contribution < -0.4 is 0 Å². The monoisotopic (exact) mass is 270 g/mol. The van der Waals surface area contributed by atoms with Crippen molar-refractivity contribution in [2.24, 2.45) is 0 Å². The van der Waals surface area contributed by atoms with Gasteiger partial charge < -0.3 is 0 Å². The second-order valence-corrected chi connectivity index (χ2v) is 6.01. The molecule has 0 aliphatic heterocycles. The Morgan fingerprint density at radius 1 is 0.947 bits per heavy atom. The molecule has 0 atom stereocenters. The highest BCUT2D eigenvalue weighted by Gasteiger charge is 2.29. The molecule has 1 saturated carbocycles. The fourth-order valence-electron chi connectivity index (χ4n) is 2.97. The van der Waals surface area contributed by atoms with E-state index in [4.69, 9.17) is 16.6 Å². The highest BCUT2D eigenvalue weighted by molar-refractivity contribution is 6.29. The number of rotatable bonds is 2. The second kappa shape index (κ2) is 4.31. The van der Waals surface area contributed by atoms with Gasteiger partial charge in [-0.15, -0.1) is 0 Å². The summed E-state index contributed by atoms with van der Waals surface area (Å²) in [5, 5.41) is 0.600. The summed E-state index contributed by atoms with van der Waals surface area (Å²) in [4.78, 5) is 9.23. The van der Waals surface area contributed by atoms with Crippen molar-refractivity contribution in [1.29, 1.82) is 0 Å². The Morgan fingerprint density at radius 2 is 1.63 bits per heavy atom. The van der Waals surface area contributed by atoms with Crippen molar-refractivity contribution >= 4 is 11.6 Å². The van der Waals surface area contributed by atoms with E-state index < -0.39 is 0 Å². The minimum atomic E-state index is 0.397. The van der Waals surface area contributed by atoms with Crippen molar-refractivity contribution in [2.75, 3.05) is 0 Å². The minimum absolute atomic E-state index is 0.397. The molecule has 0 unspecified atom stereocenters. The number of nitrogens with zero attached hydrogens (tertiary/aromatic N) is 2. The van der Waals surface area contributed by atoms with Crippen molar-refractivity contribution < 1.29 is 0 Å². The number of fused-ring (bicyclic) bond motifs is 1. The third-order valence-electron chi connectivity index (χ3n) is 4.14. The summed E-state index contributed by atoms with van der Waals surface area (Å²) in [6.45, 7) is 0. The zero-order chi connectivity index (χ0) is 12.8. The molecule has 0 saturated heterocycles. The van der Waals surface area contributed by atoms with E-state index in [1.165, 1.54) is 24.0 Å². The molecule has 2 aromatic rings. The molecule has 0 N–H and O–H groups in total. The van der Waals surface area contributed by atoms with Gasteiger partial charge in [0, 0.05) is 17.5 Å². The Kier molecular flexibility index (Phi) is 2.59. The first-order chi connectivity index (χ1) is 9.29. The summed E-state index contributed by atoms with van der Waals surface area (Å²) in [5.74, 6) is 1.96. The van der Waals surface area contributed by atoms with Crippen LogP contribution in [0.2, 0.25) is 5.15 Å². The van der Waals surface area contributed by atoms with Crippen molar-refractivity contribution in [3.8, 4) is 0 Å². The zero-order valence-electron chi connectivity index (χ0n) is 10.6. The van der Waals surface area contributed by atoms with Crippen LogP contribution in [0.25, 0.3) is 0 Å². The lowest BCUT2D eigenvalue weighted by atomic mass is 10.1. The van der Waals surface area contributed by atoms with E-state index >= 15 is 0 Å². The van der Waals surface area contributed by atoms with Crippen LogP contribution in [0.4, 0.5) is 0 Å². The summed E-state index contributed by atoms with van der Waals surface area (Å²) in [5.41, 5.74) is 4.01. The van der Waals surface area contributed by atoms with Gasteiger partial charge in [-0.05, 0) is 42.9 Å². The molecule has 0 bridgehead atoms. The topological polar surface area (TPSA) is 25.8 Å². The van der Waals surface area contributed by atoms with Crippen LogP contribution >= 0.6 is 11.6 Å². The summed E-state index contributed by atoms with van der Waals surface area (Å²) in [6, 6.07) is 10.6. The first-order valence-corrected chi connectivity index (χ1v) is 7.28. The standard InChI is InChI=1S/C16H15ClN2/c17-15-9-14(10-5-6-10)18-16(19-15)13-7-11-3-1-2-4-12(11)8-13/h1-4,9-10,13H,5-8H2. The van der Waals surface area contributed by atoms with Crippen molar-refractivity contribution in [1.82, 2.24) is 9.97 Å². The molecule has 2 aliphatic carbocycles. The van der Waals surface area contributed by atoms with Crippen LogP contribution in [0.1, 0.15) is 47.3 Å². The van der Waals surface area contributed by atoms with E-state index in [0.29, 0.717) is 17.0 Å². The number of aromatic nitrogens is 2. The Hall–Kier alpha value is -1.41. The van der Waals surface area contributed by atoms with Gasteiger partial charge >= 0.3 is 0 Å². The van der Waals surface area contributed by atoms with E-state index in [9.17, 15) is 0 Å². The number of hydrogen-bond donors (Lipinski definition) is 0. The van der Waals surface area contributed by atoms with Crippen molar-refractivity contribution in [3.63, 3.8) is 0 Å². The maximum absolute atomic E-state index is 6.16. The van der Waals surface area contributed by atoms with Crippen molar-refractivity contribution in [3.05, 3.63) is 58.1 Å². The average molecular weight is 271 g/mol. The molecule has 1 aromatic heterocycles. The molecule has 4 rings (SSSR count). The first-order valence-electron chi connectivity index (χ1n) is 6.91. The predicted molar refractivity (Wildman–Crippen MR) is 75.6 cm³/mol. The third kappa shape index (κ3) is 2.14. The molecule has 1 heterocycles. The molecule has 0 radical (unpaired) electrons. The zero-order valence-corrected chi connectivity index (χ0v) is 11.4. The molecule has 1 fully saturated rings. The molecule has 19 heavy (non-hydrogen) atoms. The summed E-state index contributed by atoms with van der Waals surface area (Å²) in [7, 11) is 0. The van der Waals surface area contributed by atoms with Gasteiger partial charge in [0.25, 0.3) is 0 Å². The molecule has 2 nitrogen and oxygen atoms in total. The Labute approximate surface area is 117 Å². The molecular weight excluding hydrogens is 256 g/mol. The van der Waals surface area contributed by atoms with Gasteiger partial charge in [-0.3, -0.25) is 0 Å². The fraction of sp³-hybridized carbons (Fsp3) is 0.375. The molecule has 2 aliphatic rings. The van der Waals surface area contributed by atoms with E-state index in [1.54, 1.807) is 0 Å². The molecule has 3 heteroatoms. The SMILES string of the molecule is Clc1cc(C2CC2)nc(C2Cc3ccccc3C2)n1. The Morgan fingerprint density at radius 3 is 2.26 bits per heavy atom. The minimum Gasteiger partial charge on any atom is -0.237 e. The van der Waals surface area contributed by atoms with E-state index in [2.05, 4.69) is 29.2 Å². The molecule has 0 spiro atoms. The maximum atomic E-state index is 6.16. The lowest BCUT2D eigenvalue weighted by molar-refractivity contribution is 0.674. The second-order valence-electron chi connectivity index (χ2n) is 5.62. The molecule has 0 amide bonds. The van der Waals surface area contributed by atoms with Gasteiger partial charge in [0.05, 0.1) is 0 Å². The lowest BCUT2D eigenvalue weighted by Crippen LogP contribution is -2.06. The van der Waals surface area contributed by atoms with Gasteiger partial charge in [0.2, 0.25) is 0 Å². The first kappa shape index (κ1) is 11.4. The number of halogens is 1. The number of hydrogen-bond acceptors (Lipinski definition) is 2. The highest BCUT2D eigenvalue weighted by atomic mass is 35.5. The van der Waals surface area contributed by atoms with Crippen LogP contribution in [0.15, 0.2) is 30.3 Å². The predicted octanol–water partition coefficient (Wildman–Crippen LogP) is 3.89. The number of benzene rings is 1. The summed E-state index contributed by atoms with van der Waals surface area (Å²) in [6.07, 6.45) is 4.58. The van der Waals surface area contributed by atoms with Crippen LogP contribution in [-0.2, 0) is 12.8 Å². The van der Waals surface area contributed by atoms with Crippen LogP contribution in [0, 0.1) is 0 Å². The normalized spacial score (nSPS) is 18.6. The van der Waals surface area contributed by atoms with Gasteiger partial charge in [0.1, 0.15) is 11.0 Å². The van der Waals surface area contributed by atoms with Gasteiger partial charge in [0.15, 0.2) is 0 Å². The van der Waals surface area contributed by atoms with Gasteiger partial charge in [-0.25, -0.2) is 9.97 Å². The van der Waals surface area contributed by atoms with Crippen molar-refractivity contribution in [2.45, 2.75) is 37.5 Å². The Balaban J connectivity index is 1.67. The molecular formula is C16H15ClN2. The van der Waals surface area contributed by atoms with Crippen LogP contribution in [-0.4, -0.2) is 9.97 Å². The largest absolute Gasteiger partial charge is 0.237 e. The van der Waals surface area contributed by atoms with E-state index in [-0.39, 0.29) is 0 Å². The quantitative estimate of drug-likeness (QED) is 0.774. The summed E-state index contributed by atoms with van der Waals surface area (Å²) < 4.78 is 0. The smallest absolute Gasteiger partial charge is 0.134 e. The molecule has 96 valence electrons. The lowest BCUT2D eigenvalue weighted by Gasteiger charge is -2.09. The van der Waals surface area contributed by atoms with Gasteiger partial charge in [-0.2, -0.15) is 0 Å². The van der Waals surface area contributed by atoms with Crippen LogP contribution in [0.5, 0.6) is 0 Å². The Bertz CT molecular complexity index is 609.